The third-order valence-corrected chi connectivity index (χ3v) is 6.51. The SMILES string of the molecule is CC(C)(C)[Si]OC(C)(C)c1cnn(-c2ccc(N3C[C@H](COS(C)(=O)=O)OC3=O)cc2F)c1. The summed E-state index contributed by atoms with van der Waals surface area (Å²) < 4.78 is 54.5. The number of nitrogens with zero attached hydrogens (tertiary/aromatic N) is 3. The van der Waals surface area contributed by atoms with E-state index in [1.807, 2.05) is 13.8 Å². The maximum absolute atomic E-state index is 15.0. The smallest absolute Gasteiger partial charge is 0.414 e. The van der Waals surface area contributed by atoms with Gasteiger partial charge in [-0.3, -0.25) is 9.08 Å². The standard InChI is InChI=1S/C21H28FN3O6SSi/c1-20(2,3)33-31-21(4,5)14-10-23-25(11-14)18-8-7-15(9-17(18)22)24-12-16(30-19(24)26)13-29-32(6,27)28/h7-11,16H,12-13H2,1-6H3/t16-/m1/s1. The Hall–Kier alpha value is -2.28. The molecule has 2 heterocycles. The third-order valence-electron chi connectivity index (χ3n) is 4.72. The number of amides is 1. The number of ether oxygens (including phenoxy) is 1. The molecule has 1 aliphatic heterocycles. The van der Waals surface area contributed by atoms with Gasteiger partial charge in [0.1, 0.15) is 18.4 Å². The summed E-state index contributed by atoms with van der Waals surface area (Å²) in [5, 5.41) is 4.31. The van der Waals surface area contributed by atoms with Crippen LogP contribution in [-0.4, -0.2) is 59.6 Å². The minimum atomic E-state index is -3.66. The summed E-state index contributed by atoms with van der Waals surface area (Å²) in [7, 11) is -3.38. The molecule has 0 bridgehead atoms. The van der Waals surface area contributed by atoms with Gasteiger partial charge in [0, 0.05) is 11.8 Å². The van der Waals surface area contributed by atoms with E-state index in [2.05, 4.69) is 30.1 Å². The van der Waals surface area contributed by atoms with Gasteiger partial charge in [-0.15, -0.1) is 0 Å². The lowest BCUT2D eigenvalue weighted by atomic mass is 10.0. The molecular weight excluding hydrogens is 469 g/mol. The first kappa shape index (κ1) is 25.3. The van der Waals surface area contributed by atoms with Crippen molar-refractivity contribution in [1.29, 1.82) is 0 Å². The Labute approximate surface area is 195 Å². The number of benzene rings is 1. The summed E-state index contributed by atoms with van der Waals surface area (Å²) >= 11 is 0. The van der Waals surface area contributed by atoms with Gasteiger partial charge in [0.25, 0.3) is 10.1 Å². The second-order valence-electron chi connectivity index (χ2n) is 9.38. The van der Waals surface area contributed by atoms with Crippen LogP contribution in [-0.2, 0) is 29.1 Å². The fourth-order valence-corrected chi connectivity index (χ4v) is 4.05. The van der Waals surface area contributed by atoms with Crippen LogP contribution in [0.1, 0.15) is 40.2 Å². The lowest BCUT2D eigenvalue weighted by Gasteiger charge is -2.28. The van der Waals surface area contributed by atoms with Crippen LogP contribution in [0.3, 0.4) is 0 Å². The molecule has 2 aromatic rings. The summed E-state index contributed by atoms with van der Waals surface area (Å²) in [6.45, 7) is 9.91. The Morgan fingerprint density at radius 1 is 1.27 bits per heavy atom. The molecule has 12 heteroatoms. The summed E-state index contributed by atoms with van der Waals surface area (Å²) in [5.41, 5.74) is 0.705. The summed E-state index contributed by atoms with van der Waals surface area (Å²) in [4.78, 5) is 13.4. The van der Waals surface area contributed by atoms with E-state index in [1.54, 1.807) is 18.5 Å². The molecule has 0 unspecified atom stereocenters. The first-order valence-electron chi connectivity index (χ1n) is 10.3. The summed E-state index contributed by atoms with van der Waals surface area (Å²) in [6, 6.07) is 4.30. The number of carbonyl (C=O) groups excluding carboxylic acids is 1. The van der Waals surface area contributed by atoms with Crippen LogP contribution in [0, 0.1) is 5.82 Å². The van der Waals surface area contributed by atoms with E-state index in [0.29, 0.717) is 0 Å². The van der Waals surface area contributed by atoms with Crippen molar-refractivity contribution in [3.63, 3.8) is 0 Å². The van der Waals surface area contributed by atoms with E-state index in [0.717, 1.165) is 11.8 Å². The second kappa shape index (κ2) is 9.16. The molecule has 180 valence electrons. The van der Waals surface area contributed by atoms with Gasteiger partial charge in [0.15, 0.2) is 5.82 Å². The van der Waals surface area contributed by atoms with Gasteiger partial charge in [-0.1, -0.05) is 20.8 Å². The molecule has 2 radical (unpaired) electrons. The number of aromatic nitrogens is 2. The fourth-order valence-electron chi connectivity index (χ4n) is 2.97. The quantitative estimate of drug-likeness (QED) is 0.407. The van der Waals surface area contributed by atoms with Gasteiger partial charge < -0.3 is 9.16 Å². The molecule has 1 amide bonds. The molecule has 0 N–H and O–H groups in total. The van der Waals surface area contributed by atoms with Gasteiger partial charge in [0.05, 0.1) is 30.3 Å². The van der Waals surface area contributed by atoms with Crippen molar-refractivity contribution in [3.8, 4) is 5.69 Å². The van der Waals surface area contributed by atoms with Crippen LogP contribution in [0.15, 0.2) is 30.6 Å². The van der Waals surface area contributed by atoms with Crippen LogP contribution in [0.2, 0.25) is 5.04 Å². The number of carbonyl (C=O) groups is 1. The third kappa shape index (κ3) is 6.62. The van der Waals surface area contributed by atoms with Gasteiger partial charge in [0.2, 0.25) is 9.76 Å². The molecule has 0 aliphatic carbocycles. The normalized spacial score (nSPS) is 17.5. The van der Waals surface area contributed by atoms with E-state index in [4.69, 9.17) is 9.16 Å². The van der Waals surface area contributed by atoms with Gasteiger partial charge in [-0.2, -0.15) is 13.5 Å². The topological polar surface area (TPSA) is 100.0 Å². The highest BCUT2D eigenvalue weighted by molar-refractivity contribution is 7.85. The van der Waals surface area contributed by atoms with Gasteiger partial charge in [-0.25, -0.2) is 13.9 Å². The zero-order chi connectivity index (χ0) is 24.6. The molecule has 3 rings (SSSR count). The Morgan fingerprint density at radius 2 is 1.97 bits per heavy atom. The average molecular weight is 498 g/mol. The largest absolute Gasteiger partial charge is 0.441 e. The molecule has 1 aliphatic rings. The highest BCUT2D eigenvalue weighted by Gasteiger charge is 2.34. The van der Waals surface area contributed by atoms with Crippen LogP contribution in [0.5, 0.6) is 0 Å². The predicted molar refractivity (Wildman–Crippen MR) is 122 cm³/mol. The van der Waals surface area contributed by atoms with Crippen molar-refractivity contribution in [2.45, 2.75) is 51.4 Å². The lowest BCUT2D eigenvalue weighted by Crippen LogP contribution is -2.27. The van der Waals surface area contributed by atoms with E-state index in [-0.39, 0.29) is 39.3 Å². The van der Waals surface area contributed by atoms with Crippen LogP contribution < -0.4 is 4.90 Å². The minimum absolute atomic E-state index is 0.0296. The van der Waals surface area contributed by atoms with Crippen molar-refractivity contribution in [2.75, 3.05) is 24.3 Å². The summed E-state index contributed by atoms with van der Waals surface area (Å²) in [5.74, 6) is -0.582. The number of halogens is 1. The molecule has 9 nitrogen and oxygen atoms in total. The molecule has 1 aromatic heterocycles. The Kier molecular flexibility index (Phi) is 7.04. The summed E-state index contributed by atoms with van der Waals surface area (Å²) in [6.07, 6.45) is 2.79. The number of hydrogen-bond acceptors (Lipinski definition) is 7. The van der Waals surface area contributed by atoms with Crippen LogP contribution >= 0.6 is 0 Å². The van der Waals surface area contributed by atoms with Crippen LogP contribution in [0.25, 0.3) is 5.69 Å². The number of rotatable bonds is 8. The fraction of sp³-hybridized carbons (Fsp3) is 0.524. The Morgan fingerprint density at radius 3 is 2.58 bits per heavy atom. The zero-order valence-electron chi connectivity index (χ0n) is 19.5. The van der Waals surface area contributed by atoms with E-state index in [9.17, 15) is 17.6 Å². The molecule has 1 fully saturated rings. The highest BCUT2D eigenvalue weighted by atomic mass is 32.2. The molecular formula is C21H28FN3O6SSi. The monoisotopic (exact) mass is 497 g/mol. The highest BCUT2D eigenvalue weighted by Crippen LogP contribution is 2.30. The maximum Gasteiger partial charge on any atom is 0.414 e. The Bertz CT molecular complexity index is 1130. The van der Waals surface area contributed by atoms with E-state index in [1.165, 1.54) is 21.7 Å². The number of anilines is 1. The van der Waals surface area contributed by atoms with Crippen molar-refractivity contribution in [2.24, 2.45) is 0 Å². The minimum Gasteiger partial charge on any atom is -0.441 e. The van der Waals surface area contributed by atoms with Crippen molar-refractivity contribution < 1.29 is 30.9 Å². The van der Waals surface area contributed by atoms with Crippen molar-refractivity contribution in [3.05, 3.63) is 42.0 Å². The molecule has 0 spiro atoms. The number of cyclic esters (lactones) is 1. The average Bonchev–Trinajstić information content (AvgIpc) is 3.31. The maximum atomic E-state index is 15.0. The first-order chi connectivity index (χ1) is 15.1. The number of hydrogen-bond donors (Lipinski definition) is 0. The lowest BCUT2D eigenvalue weighted by molar-refractivity contribution is 0.107. The first-order valence-corrected chi connectivity index (χ1v) is 13.0. The van der Waals surface area contributed by atoms with Crippen molar-refractivity contribution >= 4 is 31.7 Å². The van der Waals surface area contributed by atoms with Crippen LogP contribution in [0.4, 0.5) is 14.9 Å². The molecule has 1 atom stereocenters. The molecule has 33 heavy (non-hydrogen) atoms. The second-order valence-corrected chi connectivity index (χ2v) is 12.9. The van der Waals surface area contributed by atoms with E-state index >= 15 is 0 Å². The van der Waals surface area contributed by atoms with Gasteiger partial charge in [-0.05, 0) is 37.1 Å². The molecule has 1 aromatic carbocycles. The molecule has 0 saturated carbocycles. The van der Waals surface area contributed by atoms with E-state index < -0.39 is 33.7 Å². The van der Waals surface area contributed by atoms with Crippen molar-refractivity contribution in [1.82, 2.24) is 9.78 Å². The molecule has 1 saturated heterocycles. The zero-order valence-corrected chi connectivity index (χ0v) is 21.3. The predicted octanol–water partition coefficient (Wildman–Crippen LogP) is 3.40. The van der Waals surface area contributed by atoms with Gasteiger partial charge >= 0.3 is 6.09 Å². The Balaban J connectivity index is 1.73.